The van der Waals surface area contributed by atoms with Gasteiger partial charge in [-0.2, -0.15) is 10.2 Å². The molecule has 1 atom stereocenters. The molecule has 11 heteroatoms. The first-order chi connectivity index (χ1) is 18.5. The molecule has 0 unspecified atom stereocenters. The summed E-state index contributed by atoms with van der Waals surface area (Å²) in [5.41, 5.74) is 3.08. The van der Waals surface area contributed by atoms with Crippen molar-refractivity contribution in [3.05, 3.63) is 93.9 Å². The SMILES string of the molecule is COc1cc(C=NNC(=O)[C@H](NC(=O)c2ccccc2)c2n[nH]c(=O)c3ccccc23)cc(OC)c1OC. The van der Waals surface area contributed by atoms with Crippen molar-refractivity contribution >= 4 is 28.8 Å². The van der Waals surface area contributed by atoms with Gasteiger partial charge in [-0.15, -0.1) is 0 Å². The molecule has 0 saturated carbocycles. The lowest BCUT2D eigenvalue weighted by Crippen LogP contribution is -2.40. The van der Waals surface area contributed by atoms with Crippen LogP contribution in [0.4, 0.5) is 0 Å². The van der Waals surface area contributed by atoms with Gasteiger partial charge in [-0.05, 0) is 30.3 Å². The van der Waals surface area contributed by atoms with E-state index < -0.39 is 23.4 Å². The normalized spacial score (nSPS) is 11.7. The highest BCUT2D eigenvalue weighted by molar-refractivity contribution is 5.99. The summed E-state index contributed by atoms with van der Waals surface area (Å²) in [5.74, 6) is 0.0584. The van der Waals surface area contributed by atoms with Crippen LogP contribution >= 0.6 is 0 Å². The van der Waals surface area contributed by atoms with E-state index in [1.807, 2.05) is 0 Å². The van der Waals surface area contributed by atoms with Crippen molar-refractivity contribution < 1.29 is 23.8 Å². The van der Waals surface area contributed by atoms with Crippen LogP contribution in [-0.4, -0.2) is 49.6 Å². The Morgan fingerprint density at radius 1 is 0.921 bits per heavy atom. The van der Waals surface area contributed by atoms with Crippen LogP contribution in [0.2, 0.25) is 0 Å². The van der Waals surface area contributed by atoms with Gasteiger partial charge in [-0.3, -0.25) is 14.4 Å². The van der Waals surface area contributed by atoms with Crippen LogP contribution in [0.15, 0.2) is 76.6 Å². The molecule has 3 N–H and O–H groups in total. The monoisotopic (exact) mass is 515 g/mol. The van der Waals surface area contributed by atoms with Crippen molar-refractivity contribution in [3.8, 4) is 17.2 Å². The molecule has 0 bridgehead atoms. The highest BCUT2D eigenvalue weighted by atomic mass is 16.5. The predicted molar refractivity (Wildman–Crippen MR) is 141 cm³/mol. The number of nitrogens with one attached hydrogen (secondary N) is 3. The predicted octanol–water partition coefficient (Wildman–Crippen LogP) is 2.57. The minimum atomic E-state index is -1.28. The fraction of sp³-hybridized carbons (Fsp3) is 0.148. The molecule has 0 saturated heterocycles. The van der Waals surface area contributed by atoms with Crippen molar-refractivity contribution in [1.82, 2.24) is 20.9 Å². The smallest absolute Gasteiger partial charge is 0.272 e. The summed E-state index contributed by atoms with van der Waals surface area (Å²) in [6.07, 6.45) is 1.39. The number of hydrogen-bond acceptors (Lipinski definition) is 8. The Balaban J connectivity index is 1.66. The van der Waals surface area contributed by atoms with E-state index in [0.29, 0.717) is 39.1 Å². The number of hydrogen-bond donors (Lipinski definition) is 3. The number of hydrazone groups is 1. The Morgan fingerprint density at radius 3 is 2.18 bits per heavy atom. The number of carbonyl (C=O) groups excluding carboxylic acids is 2. The molecule has 4 rings (SSSR count). The number of ether oxygens (including phenoxy) is 3. The van der Waals surface area contributed by atoms with Crippen molar-refractivity contribution in [2.24, 2.45) is 5.10 Å². The van der Waals surface area contributed by atoms with E-state index in [9.17, 15) is 14.4 Å². The van der Waals surface area contributed by atoms with E-state index in [4.69, 9.17) is 14.2 Å². The molecule has 1 aromatic heterocycles. The van der Waals surface area contributed by atoms with Crippen LogP contribution in [0, 0.1) is 0 Å². The summed E-state index contributed by atoms with van der Waals surface area (Å²) < 4.78 is 16.0. The third-order valence-corrected chi connectivity index (χ3v) is 5.65. The minimum absolute atomic E-state index is 0.157. The number of amides is 2. The third-order valence-electron chi connectivity index (χ3n) is 5.65. The highest BCUT2D eigenvalue weighted by Gasteiger charge is 2.27. The van der Waals surface area contributed by atoms with Gasteiger partial charge in [0.05, 0.1) is 32.9 Å². The Hall–Kier alpha value is -5.19. The molecule has 0 aliphatic heterocycles. The number of aromatic nitrogens is 2. The van der Waals surface area contributed by atoms with E-state index in [1.165, 1.54) is 27.5 Å². The molecular weight excluding hydrogens is 490 g/mol. The fourth-order valence-electron chi connectivity index (χ4n) is 3.83. The third kappa shape index (κ3) is 5.46. The molecule has 0 fully saturated rings. The summed E-state index contributed by atoms with van der Waals surface area (Å²) in [6.45, 7) is 0. The van der Waals surface area contributed by atoms with Gasteiger partial charge < -0.3 is 19.5 Å². The lowest BCUT2D eigenvalue weighted by Gasteiger charge is -2.18. The Kier molecular flexibility index (Phi) is 7.97. The number of aromatic amines is 1. The maximum Gasteiger partial charge on any atom is 0.272 e. The van der Waals surface area contributed by atoms with Gasteiger partial charge >= 0.3 is 0 Å². The zero-order valence-electron chi connectivity index (χ0n) is 20.8. The van der Waals surface area contributed by atoms with Crippen LogP contribution in [0.1, 0.15) is 27.7 Å². The first-order valence-corrected chi connectivity index (χ1v) is 11.4. The zero-order chi connectivity index (χ0) is 27.1. The number of methoxy groups -OCH3 is 3. The molecule has 0 aliphatic carbocycles. The lowest BCUT2D eigenvalue weighted by molar-refractivity contribution is -0.123. The second-order valence-electron chi connectivity index (χ2n) is 7.95. The number of carbonyl (C=O) groups is 2. The Bertz CT molecular complexity index is 1530. The molecule has 0 spiro atoms. The van der Waals surface area contributed by atoms with Gasteiger partial charge in [0.15, 0.2) is 17.5 Å². The van der Waals surface area contributed by atoms with Gasteiger partial charge in [0, 0.05) is 16.5 Å². The average Bonchev–Trinajstić information content (AvgIpc) is 2.96. The number of H-pyrrole nitrogens is 1. The first kappa shape index (κ1) is 25.9. The summed E-state index contributed by atoms with van der Waals surface area (Å²) in [6, 6.07) is 17.1. The summed E-state index contributed by atoms with van der Waals surface area (Å²) in [7, 11) is 4.47. The van der Waals surface area contributed by atoms with E-state index in [1.54, 1.807) is 66.7 Å². The van der Waals surface area contributed by atoms with E-state index in [-0.39, 0.29) is 5.69 Å². The average molecular weight is 516 g/mol. The van der Waals surface area contributed by atoms with Gasteiger partial charge in [-0.1, -0.05) is 36.4 Å². The maximum atomic E-state index is 13.3. The van der Waals surface area contributed by atoms with Crippen molar-refractivity contribution in [2.75, 3.05) is 21.3 Å². The van der Waals surface area contributed by atoms with Crippen LogP contribution in [-0.2, 0) is 4.79 Å². The molecule has 4 aromatic rings. The largest absolute Gasteiger partial charge is 0.493 e. The maximum absolute atomic E-state index is 13.3. The quantitative estimate of drug-likeness (QED) is 0.230. The molecule has 3 aromatic carbocycles. The Labute approximate surface area is 217 Å². The number of rotatable bonds is 9. The van der Waals surface area contributed by atoms with Gasteiger partial charge in [0.1, 0.15) is 5.69 Å². The summed E-state index contributed by atoms with van der Waals surface area (Å²) >= 11 is 0. The summed E-state index contributed by atoms with van der Waals surface area (Å²) in [4.78, 5) is 38.6. The molecule has 11 nitrogen and oxygen atoms in total. The van der Waals surface area contributed by atoms with Crippen molar-refractivity contribution in [1.29, 1.82) is 0 Å². The zero-order valence-corrected chi connectivity index (χ0v) is 20.8. The highest BCUT2D eigenvalue weighted by Crippen LogP contribution is 2.37. The molecule has 38 heavy (non-hydrogen) atoms. The number of nitrogens with zero attached hydrogens (tertiary/aromatic N) is 2. The van der Waals surface area contributed by atoms with E-state index in [2.05, 4.69) is 26.0 Å². The van der Waals surface area contributed by atoms with E-state index in [0.717, 1.165) is 0 Å². The Morgan fingerprint density at radius 2 is 1.55 bits per heavy atom. The van der Waals surface area contributed by atoms with Crippen molar-refractivity contribution in [3.63, 3.8) is 0 Å². The molecular formula is C27H25N5O6. The number of benzene rings is 3. The van der Waals surface area contributed by atoms with Gasteiger partial charge in [-0.25, -0.2) is 10.5 Å². The standard InChI is InChI=1S/C27H25N5O6/c1-36-20-13-16(14-21(37-2)24(20)38-3)15-28-31-27(35)23(29-25(33)17-9-5-4-6-10-17)22-18-11-7-8-12-19(18)26(34)32-30-22/h4-15,23H,1-3H3,(H,29,33)(H,31,35)(H,32,34)/t23-/m1/s1. The topological polar surface area (TPSA) is 144 Å². The van der Waals surface area contributed by atoms with Gasteiger partial charge in [0.25, 0.3) is 17.4 Å². The molecule has 194 valence electrons. The molecule has 0 radical (unpaired) electrons. The fourth-order valence-corrected chi connectivity index (χ4v) is 3.83. The minimum Gasteiger partial charge on any atom is -0.493 e. The van der Waals surface area contributed by atoms with Crippen LogP contribution in [0.25, 0.3) is 10.8 Å². The van der Waals surface area contributed by atoms with Crippen LogP contribution in [0.3, 0.4) is 0 Å². The lowest BCUT2D eigenvalue weighted by atomic mass is 10.0. The molecule has 2 amide bonds. The van der Waals surface area contributed by atoms with E-state index >= 15 is 0 Å². The first-order valence-electron chi connectivity index (χ1n) is 11.4. The molecule has 0 aliphatic rings. The van der Waals surface area contributed by atoms with Crippen molar-refractivity contribution in [2.45, 2.75) is 6.04 Å². The van der Waals surface area contributed by atoms with Crippen LogP contribution < -0.4 is 30.5 Å². The second kappa shape index (κ2) is 11.7. The van der Waals surface area contributed by atoms with Crippen LogP contribution in [0.5, 0.6) is 17.2 Å². The number of fused-ring (bicyclic) bond motifs is 1. The van der Waals surface area contributed by atoms with Gasteiger partial charge in [0.2, 0.25) is 5.75 Å². The second-order valence-corrected chi connectivity index (χ2v) is 7.95. The summed E-state index contributed by atoms with van der Waals surface area (Å²) in [5, 5.41) is 14.0. The molecule has 1 heterocycles.